The molecule has 0 aliphatic heterocycles. The fourth-order valence-electron chi connectivity index (χ4n) is 4.24. The summed E-state index contributed by atoms with van der Waals surface area (Å²) in [6, 6.07) is 0. The van der Waals surface area contributed by atoms with Gasteiger partial charge in [-0.15, -0.1) is 0 Å². The average Bonchev–Trinajstić information content (AvgIpc) is 2.51. The Kier molecular flexibility index (Phi) is 8.27. The Balaban J connectivity index is 2.54. The lowest BCUT2D eigenvalue weighted by atomic mass is 9.59. The van der Waals surface area contributed by atoms with Crippen molar-refractivity contribution in [3.8, 4) is 0 Å². The summed E-state index contributed by atoms with van der Waals surface area (Å²) in [6.07, 6.45) is 4.73. The van der Waals surface area contributed by atoms with Gasteiger partial charge in [0.2, 0.25) is 6.79 Å². The zero-order valence-corrected chi connectivity index (χ0v) is 15.9. The molecule has 0 aromatic heterocycles. The molecule has 1 aliphatic rings. The van der Waals surface area contributed by atoms with Gasteiger partial charge in [-0.2, -0.15) is 0 Å². The molecule has 0 saturated heterocycles. The van der Waals surface area contributed by atoms with Crippen LogP contribution in [0.5, 0.6) is 0 Å². The lowest BCUT2D eigenvalue weighted by molar-refractivity contribution is -0.165. The molecule has 0 aromatic carbocycles. The van der Waals surface area contributed by atoms with Crippen LogP contribution >= 0.6 is 0 Å². The number of aliphatic hydroxyl groups excluding tert-OH is 1. The molecule has 0 bridgehead atoms. The number of hydrogen-bond acceptors (Lipinski definition) is 7. The zero-order valence-electron chi connectivity index (χ0n) is 15.9. The second-order valence-electron chi connectivity index (χ2n) is 8.08. The second-order valence-corrected chi connectivity index (χ2v) is 8.08. The van der Waals surface area contributed by atoms with E-state index in [0.717, 1.165) is 25.3 Å². The van der Waals surface area contributed by atoms with Gasteiger partial charge in [-0.1, -0.05) is 27.4 Å². The van der Waals surface area contributed by atoms with Gasteiger partial charge >= 0.3 is 17.9 Å². The predicted molar refractivity (Wildman–Crippen MR) is 93.5 cm³/mol. The van der Waals surface area contributed by atoms with Gasteiger partial charge in [0.25, 0.3) is 0 Å². The molecule has 0 amide bonds. The van der Waals surface area contributed by atoms with Crippen LogP contribution in [0.25, 0.3) is 0 Å². The van der Waals surface area contributed by atoms with Crippen LogP contribution < -0.4 is 0 Å². The van der Waals surface area contributed by atoms with Gasteiger partial charge in [0.1, 0.15) is 0 Å². The fourth-order valence-corrected chi connectivity index (χ4v) is 4.24. The van der Waals surface area contributed by atoms with E-state index in [1.165, 1.54) is 0 Å². The molecule has 2 atom stereocenters. The molecular formula is C19H30O7. The van der Waals surface area contributed by atoms with E-state index in [1.54, 1.807) is 0 Å². The van der Waals surface area contributed by atoms with Gasteiger partial charge in [0, 0.05) is 18.9 Å². The highest BCUT2D eigenvalue weighted by molar-refractivity contribution is 5.81. The van der Waals surface area contributed by atoms with Crippen LogP contribution in [0.1, 0.15) is 59.3 Å². The maximum absolute atomic E-state index is 11.9. The van der Waals surface area contributed by atoms with Crippen LogP contribution in [0, 0.1) is 16.7 Å². The maximum Gasteiger partial charge on any atom is 0.333 e. The first-order valence-corrected chi connectivity index (χ1v) is 8.80. The normalized spacial score (nSPS) is 24.4. The molecule has 148 valence electrons. The van der Waals surface area contributed by atoms with Gasteiger partial charge in [0.05, 0.1) is 0 Å². The van der Waals surface area contributed by atoms with Crippen molar-refractivity contribution in [1.82, 2.24) is 0 Å². The Morgan fingerprint density at radius 3 is 2.42 bits per heavy atom. The van der Waals surface area contributed by atoms with Crippen LogP contribution in [0.15, 0.2) is 12.7 Å². The maximum atomic E-state index is 11.9. The van der Waals surface area contributed by atoms with Crippen LogP contribution in [0.3, 0.4) is 0 Å². The van der Waals surface area contributed by atoms with Gasteiger partial charge in [0.15, 0.2) is 6.79 Å². The van der Waals surface area contributed by atoms with Crippen molar-refractivity contribution in [2.45, 2.75) is 59.3 Å². The summed E-state index contributed by atoms with van der Waals surface area (Å²) in [5, 5.41) is 8.71. The Hall–Kier alpha value is -1.89. The fraction of sp³-hybridized carbons (Fsp3) is 0.737. The quantitative estimate of drug-likeness (QED) is 0.378. The first kappa shape index (κ1) is 22.2. The third-order valence-electron chi connectivity index (χ3n) is 4.73. The van der Waals surface area contributed by atoms with Gasteiger partial charge < -0.3 is 19.3 Å². The number of esters is 3. The number of carbonyl (C=O) groups excluding carboxylic acids is 3. The highest BCUT2D eigenvalue weighted by atomic mass is 16.7. The number of rotatable bonds is 9. The van der Waals surface area contributed by atoms with Crippen LogP contribution in [-0.2, 0) is 28.6 Å². The third kappa shape index (κ3) is 7.99. The summed E-state index contributed by atoms with van der Waals surface area (Å²) in [7, 11) is 0. The first-order valence-electron chi connectivity index (χ1n) is 8.80. The van der Waals surface area contributed by atoms with Crippen molar-refractivity contribution in [3.63, 3.8) is 0 Å². The highest BCUT2D eigenvalue weighted by Crippen LogP contribution is 2.51. The van der Waals surface area contributed by atoms with Crippen molar-refractivity contribution in [3.05, 3.63) is 12.7 Å². The van der Waals surface area contributed by atoms with E-state index in [2.05, 4.69) is 36.8 Å². The minimum absolute atomic E-state index is 0.0422. The standard InChI is InChI=1S/C19H30O7/c1-5-15(21)25-13-26-16(22)6-7-19(4)10-14(8-17(23)24-12-20)9-18(2,3)11-19/h5,14,20H,1,6-13H2,2-4H3. The molecule has 1 fully saturated rings. The topological polar surface area (TPSA) is 99.1 Å². The van der Waals surface area contributed by atoms with E-state index >= 15 is 0 Å². The summed E-state index contributed by atoms with van der Waals surface area (Å²) in [6.45, 7) is 8.66. The molecule has 2 unspecified atom stereocenters. The Morgan fingerprint density at radius 2 is 1.81 bits per heavy atom. The molecule has 7 nitrogen and oxygen atoms in total. The summed E-state index contributed by atoms with van der Waals surface area (Å²) in [5.41, 5.74) is -0.0662. The van der Waals surface area contributed by atoms with Gasteiger partial charge in [-0.25, -0.2) is 4.79 Å². The number of carbonyl (C=O) groups is 3. The smallest absolute Gasteiger partial charge is 0.333 e. The number of aliphatic hydroxyl groups is 1. The minimum atomic E-state index is -0.642. The zero-order chi connectivity index (χ0) is 19.8. The van der Waals surface area contributed by atoms with Crippen LogP contribution in [0.4, 0.5) is 0 Å². The van der Waals surface area contributed by atoms with Crippen molar-refractivity contribution < 1.29 is 33.7 Å². The molecular weight excluding hydrogens is 340 g/mol. The van der Waals surface area contributed by atoms with E-state index in [0.29, 0.717) is 6.42 Å². The molecule has 1 aliphatic carbocycles. The molecule has 1 N–H and O–H groups in total. The van der Waals surface area contributed by atoms with E-state index in [4.69, 9.17) is 9.84 Å². The van der Waals surface area contributed by atoms with E-state index in [1.807, 2.05) is 0 Å². The predicted octanol–water partition coefficient (Wildman–Crippen LogP) is 2.71. The Bertz CT molecular complexity index is 526. The summed E-state index contributed by atoms with van der Waals surface area (Å²) >= 11 is 0. The largest absolute Gasteiger partial charge is 0.439 e. The molecule has 0 heterocycles. The Morgan fingerprint density at radius 1 is 1.12 bits per heavy atom. The SMILES string of the molecule is C=CC(=O)OCOC(=O)CCC1(C)CC(CC(=O)OCO)CC(C)(C)C1. The first-order chi connectivity index (χ1) is 12.1. The third-order valence-corrected chi connectivity index (χ3v) is 4.73. The molecule has 0 radical (unpaired) electrons. The van der Waals surface area contributed by atoms with Crippen LogP contribution in [-0.4, -0.2) is 36.6 Å². The summed E-state index contributed by atoms with van der Waals surface area (Å²) in [4.78, 5) is 34.5. The molecule has 26 heavy (non-hydrogen) atoms. The molecule has 1 rings (SSSR count). The highest BCUT2D eigenvalue weighted by Gasteiger charge is 2.41. The van der Waals surface area contributed by atoms with Crippen molar-refractivity contribution in [2.75, 3.05) is 13.6 Å². The molecule has 0 spiro atoms. The van der Waals surface area contributed by atoms with Crippen molar-refractivity contribution in [1.29, 1.82) is 0 Å². The summed E-state index contributed by atoms with van der Waals surface area (Å²) < 4.78 is 14.2. The minimum Gasteiger partial charge on any atom is -0.439 e. The molecule has 7 heteroatoms. The molecule has 1 saturated carbocycles. The van der Waals surface area contributed by atoms with Gasteiger partial charge in [-0.3, -0.25) is 9.59 Å². The number of hydrogen-bond donors (Lipinski definition) is 1. The lowest BCUT2D eigenvalue weighted by Gasteiger charge is -2.46. The molecule has 0 aromatic rings. The monoisotopic (exact) mass is 370 g/mol. The van der Waals surface area contributed by atoms with Gasteiger partial charge in [-0.05, 0) is 42.4 Å². The van der Waals surface area contributed by atoms with Crippen molar-refractivity contribution in [2.24, 2.45) is 16.7 Å². The number of ether oxygens (including phenoxy) is 3. The van der Waals surface area contributed by atoms with E-state index in [9.17, 15) is 14.4 Å². The van der Waals surface area contributed by atoms with E-state index in [-0.39, 0.29) is 29.6 Å². The Labute approximate surface area is 154 Å². The van der Waals surface area contributed by atoms with Crippen molar-refractivity contribution >= 4 is 17.9 Å². The lowest BCUT2D eigenvalue weighted by Crippen LogP contribution is -2.37. The van der Waals surface area contributed by atoms with Crippen LogP contribution in [0.2, 0.25) is 0 Å². The second kappa shape index (κ2) is 9.71. The average molecular weight is 370 g/mol. The summed E-state index contributed by atoms with van der Waals surface area (Å²) in [5.74, 6) is -1.33. The van der Waals surface area contributed by atoms with E-state index < -0.39 is 31.5 Å².